The standard InChI is InChI=1S/C19H30N2/c1-15-9-10-18(13-16(15)2)21-12-11-20-19(3,14-21)17-7-5-4-6-8-17/h4-8,15-16,18,20H,9-14H2,1-3H3. The van der Waals surface area contributed by atoms with Crippen LogP contribution in [0, 0.1) is 11.8 Å². The second kappa shape index (κ2) is 6.10. The van der Waals surface area contributed by atoms with Gasteiger partial charge in [-0.15, -0.1) is 0 Å². The molecule has 4 atom stereocenters. The first-order valence-electron chi connectivity index (χ1n) is 8.63. The van der Waals surface area contributed by atoms with Gasteiger partial charge in [0.05, 0.1) is 5.54 Å². The van der Waals surface area contributed by atoms with Crippen molar-refractivity contribution in [1.82, 2.24) is 10.2 Å². The second-order valence-electron chi connectivity index (χ2n) is 7.52. The SMILES string of the molecule is CC1CCC(N2CCNC(C)(c3ccccc3)C2)CC1C. The lowest BCUT2D eigenvalue weighted by molar-refractivity contribution is 0.0558. The third kappa shape index (κ3) is 3.17. The maximum atomic E-state index is 3.76. The molecule has 1 aliphatic carbocycles. The highest BCUT2D eigenvalue weighted by Crippen LogP contribution is 2.34. The third-order valence-corrected chi connectivity index (χ3v) is 5.93. The maximum absolute atomic E-state index is 3.76. The second-order valence-corrected chi connectivity index (χ2v) is 7.52. The van der Waals surface area contributed by atoms with E-state index < -0.39 is 0 Å². The molecule has 0 spiro atoms. The van der Waals surface area contributed by atoms with Crippen molar-refractivity contribution in [3.05, 3.63) is 35.9 Å². The van der Waals surface area contributed by atoms with Crippen LogP contribution in [0.2, 0.25) is 0 Å². The molecule has 0 radical (unpaired) electrons. The zero-order valence-corrected chi connectivity index (χ0v) is 13.8. The van der Waals surface area contributed by atoms with Crippen LogP contribution in [0.5, 0.6) is 0 Å². The average Bonchev–Trinajstić information content (AvgIpc) is 2.51. The van der Waals surface area contributed by atoms with E-state index in [0.29, 0.717) is 0 Å². The van der Waals surface area contributed by atoms with E-state index in [2.05, 4.69) is 61.3 Å². The van der Waals surface area contributed by atoms with Gasteiger partial charge in [0.25, 0.3) is 0 Å². The molecule has 21 heavy (non-hydrogen) atoms. The number of rotatable bonds is 2. The monoisotopic (exact) mass is 286 g/mol. The van der Waals surface area contributed by atoms with E-state index in [0.717, 1.165) is 31.0 Å². The summed E-state index contributed by atoms with van der Waals surface area (Å²) in [7, 11) is 0. The largest absolute Gasteiger partial charge is 0.305 e. The van der Waals surface area contributed by atoms with E-state index in [1.807, 2.05) is 0 Å². The summed E-state index contributed by atoms with van der Waals surface area (Å²) in [5, 5.41) is 3.76. The summed E-state index contributed by atoms with van der Waals surface area (Å²) < 4.78 is 0. The number of piperazine rings is 1. The van der Waals surface area contributed by atoms with Gasteiger partial charge in [-0.25, -0.2) is 0 Å². The minimum atomic E-state index is 0.103. The molecule has 2 aliphatic rings. The average molecular weight is 286 g/mol. The number of nitrogens with one attached hydrogen (secondary N) is 1. The van der Waals surface area contributed by atoms with Crippen LogP contribution in [-0.4, -0.2) is 30.6 Å². The molecule has 1 N–H and O–H groups in total. The van der Waals surface area contributed by atoms with E-state index in [-0.39, 0.29) is 5.54 Å². The van der Waals surface area contributed by atoms with Crippen LogP contribution >= 0.6 is 0 Å². The molecule has 1 aromatic rings. The Balaban J connectivity index is 1.71. The summed E-state index contributed by atoms with van der Waals surface area (Å²) in [4.78, 5) is 2.76. The molecule has 1 aliphatic heterocycles. The van der Waals surface area contributed by atoms with Crippen molar-refractivity contribution in [3.8, 4) is 0 Å². The smallest absolute Gasteiger partial charge is 0.0535 e. The predicted octanol–water partition coefficient (Wildman–Crippen LogP) is 3.63. The molecule has 2 fully saturated rings. The quantitative estimate of drug-likeness (QED) is 0.893. The van der Waals surface area contributed by atoms with Gasteiger partial charge in [0.2, 0.25) is 0 Å². The van der Waals surface area contributed by atoms with E-state index in [9.17, 15) is 0 Å². The molecule has 1 heterocycles. The van der Waals surface area contributed by atoms with Crippen molar-refractivity contribution in [3.63, 3.8) is 0 Å². The molecular weight excluding hydrogens is 256 g/mol. The molecule has 0 amide bonds. The van der Waals surface area contributed by atoms with Crippen LogP contribution < -0.4 is 5.32 Å². The maximum Gasteiger partial charge on any atom is 0.0535 e. The fraction of sp³-hybridized carbons (Fsp3) is 0.684. The van der Waals surface area contributed by atoms with E-state index in [4.69, 9.17) is 0 Å². The highest BCUT2D eigenvalue weighted by atomic mass is 15.2. The number of hydrogen-bond donors (Lipinski definition) is 1. The number of benzene rings is 1. The first-order valence-corrected chi connectivity index (χ1v) is 8.63. The Bertz CT molecular complexity index is 458. The van der Waals surface area contributed by atoms with Crippen molar-refractivity contribution in [1.29, 1.82) is 0 Å². The molecule has 0 aromatic heterocycles. The van der Waals surface area contributed by atoms with E-state index >= 15 is 0 Å². The van der Waals surface area contributed by atoms with Gasteiger partial charge in [-0.05, 0) is 43.6 Å². The van der Waals surface area contributed by atoms with Gasteiger partial charge >= 0.3 is 0 Å². The van der Waals surface area contributed by atoms with Gasteiger partial charge in [0, 0.05) is 25.7 Å². The molecule has 116 valence electrons. The molecular formula is C19H30N2. The Morgan fingerprint density at radius 3 is 2.57 bits per heavy atom. The number of nitrogens with zero attached hydrogens (tertiary/aromatic N) is 1. The first kappa shape index (κ1) is 15.1. The minimum absolute atomic E-state index is 0.103. The van der Waals surface area contributed by atoms with Gasteiger partial charge in [0.1, 0.15) is 0 Å². The van der Waals surface area contributed by atoms with E-state index in [1.165, 1.54) is 31.4 Å². The van der Waals surface area contributed by atoms with Crippen molar-refractivity contribution < 1.29 is 0 Å². The Labute approximate surface area is 129 Å². The van der Waals surface area contributed by atoms with Crippen LogP contribution in [0.15, 0.2) is 30.3 Å². The third-order valence-electron chi connectivity index (χ3n) is 5.93. The zero-order valence-electron chi connectivity index (χ0n) is 13.8. The molecule has 2 heteroatoms. The van der Waals surface area contributed by atoms with Gasteiger partial charge in [-0.1, -0.05) is 44.2 Å². The van der Waals surface area contributed by atoms with Crippen LogP contribution in [0.25, 0.3) is 0 Å². The van der Waals surface area contributed by atoms with Crippen molar-refractivity contribution in [2.24, 2.45) is 11.8 Å². The highest BCUT2D eigenvalue weighted by Gasteiger charge is 2.36. The minimum Gasteiger partial charge on any atom is -0.305 e. The van der Waals surface area contributed by atoms with Crippen molar-refractivity contribution in [2.45, 2.75) is 51.6 Å². The lowest BCUT2D eigenvalue weighted by Gasteiger charge is -2.47. The first-order chi connectivity index (χ1) is 10.1. The molecule has 1 saturated heterocycles. The van der Waals surface area contributed by atoms with Crippen molar-refractivity contribution in [2.75, 3.05) is 19.6 Å². The summed E-state index contributed by atoms with van der Waals surface area (Å²) >= 11 is 0. The molecule has 3 rings (SSSR count). The normalized spacial score (nSPS) is 38.3. The lowest BCUT2D eigenvalue weighted by atomic mass is 9.77. The van der Waals surface area contributed by atoms with Gasteiger partial charge < -0.3 is 5.32 Å². The lowest BCUT2D eigenvalue weighted by Crippen LogP contribution is -2.59. The molecule has 1 aromatic carbocycles. The number of hydrogen-bond acceptors (Lipinski definition) is 2. The van der Waals surface area contributed by atoms with Gasteiger partial charge in [-0.2, -0.15) is 0 Å². The topological polar surface area (TPSA) is 15.3 Å². The highest BCUT2D eigenvalue weighted by molar-refractivity contribution is 5.25. The Morgan fingerprint density at radius 2 is 1.86 bits per heavy atom. The Kier molecular flexibility index (Phi) is 4.37. The van der Waals surface area contributed by atoms with Crippen LogP contribution in [-0.2, 0) is 5.54 Å². The summed E-state index contributed by atoms with van der Waals surface area (Å²) in [5.74, 6) is 1.78. The Hall–Kier alpha value is -0.860. The van der Waals surface area contributed by atoms with Gasteiger partial charge in [-0.3, -0.25) is 4.90 Å². The van der Waals surface area contributed by atoms with Crippen LogP contribution in [0.3, 0.4) is 0 Å². The van der Waals surface area contributed by atoms with Crippen molar-refractivity contribution >= 4 is 0 Å². The Morgan fingerprint density at radius 1 is 1.10 bits per heavy atom. The fourth-order valence-electron chi connectivity index (χ4n) is 4.18. The molecule has 2 nitrogen and oxygen atoms in total. The summed E-state index contributed by atoms with van der Waals surface area (Å²) in [6.45, 7) is 10.7. The van der Waals surface area contributed by atoms with E-state index in [1.54, 1.807) is 0 Å². The van der Waals surface area contributed by atoms with Crippen LogP contribution in [0.4, 0.5) is 0 Å². The summed E-state index contributed by atoms with van der Waals surface area (Å²) in [6.07, 6.45) is 4.17. The molecule has 0 bridgehead atoms. The fourth-order valence-corrected chi connectivity index (χ4v) is 4.18. The summed E-state index contributed by atoms with van der Waals surface area (Å²) in [5.41, 5.74) is 1.53. The van der Waals surface area contributed by atoms with Gasteiger partial charge in [0.15, 0.2) is 0 Å². The predicted molar refractivity (Wildman–Crippen MR) is 89.3 cm³/mol. The molecule has 4 unspecified atom stereocenters. The molecule has 1 saturated carbocycles. The van der Waals surface area contributed by atoms with Crippen LogP contribution in [0.1, 0.15) is 45.6 Å². The zero-order chi connectivity index (χ0) is 14.9. The summed E-state index contributed by atoms with van der Waals surface area (Å²) in [6, 6.07) is 11.8.